The third-order valence-electron chi connectivity index (χ3n) is 2.52. The van der Waals surface area contributed by atoms with E-state index in [2.05, 4.69) is 12.2 Å². The van der Waals surface area contributed by atoms with Crippen LogP contribution >= 0.6 is 23.2 Å². The third kappa shape index (κ3) is 4.10. The van der Waals surface area contributed by atoms with E-state index in [-0.39, 0.29) is 6.04 Å². The molecule has 0 aliphatic rings. The molecule has 0 aromatic heterocycles. The molecule has 1 aromatic rings. The van der Waals surface area contributed by atoms with Gasteiger partial charge in [-0.25, -0.2) is 4.79 Å². The van der Waals surface area contributed by atoms with Crippen molar-refractivity contribution in [2.45, 2.75) is 32.2 Å². The number of benzene rings is 1. The largest absolute Gasteiger partial charge is 0.352 e. The second-order valence-electron chi connectivity index (χ2n) is 3.85. The summed E-state index contributed by atoms with van der Waals surface area (Å²) in [5, 5.41) is 3.65. The Kier molecular flexibility index (Phi) is 5.59. The smallest absolute Gasteiger partial charge is 0.312 e. The maximum absolute atomic E-state index is 11.0. The Bertz CT molecular complexity index is 396. The predicted molar refractivity (Wildman–Crippen MR) is 71.4 cm³/mol. The van der Waals surface area contributed by atoms with E-state index in [0.717, 1.165) is 24.8 Å². The Balaban J connectivity index is 2.94. The van der Waals surface area contributed by atoms with E-state index in [1.807, 2.05) is 12.1 Å². The molecule has 1 unspecified atom stereocenters. The van der Waals surface area contributed by atoms with Gasteiger partial charge in [-0.2, -0.15) is 0 Å². The van der Waals surface area contributed by atoms with Crippen LogP contribution in [-0.2, 0) is 0 Å². The zero-order chi connectivity index (χ0) is 12.8. The van der Waals surface area contributed by atoms with Crippen molar-refractivity contribution in [2.75, 3.05) is 0 Å². The second kappa shape index (κ2) is 6.72. The Morgan fingerprint density at radius 1 is 1.47 bits per heavy atom. The molecule has 2 amide bonds. The summed E-state index contributed by atoms with van der Waals surface area (Å²) in [5.41, 5.74) is 5.98. The van der Waals surface area contributed by atoms with E-state index >= 15 is 0 Å². The lowest BCUT2D eigenvalue weighted by molar-refractivity contribution is 0.244. The number of carbonyl (C=O) groups excluding carboxylic acids is 1. The summed E-state index contributed by atoms with van der Waals surface area (Å²) in [6.07, 6.45) is 2.81. The molecule has 3 nitrogen and oxygen atoms in total. The molecule has 0 spiro atoms. The molecule has 0 bridgehead atoms. The van der Waals surface area contributed by atoms with Gasteiger partial charge in [-0.15, -0.1) is 0 Å². The maximum Gasteiger partial charge on any atom is 0.312 e. The first-order chi connectivity index (χ1) is 8.06. The second-order valence-corrected chi connectivity index (χ2v) is 4.63. The summed E-state index contributed by atoms with van der Waals surface area (Å²) in [5.74, 6) is 0. The zero-order valence-electron chi connectivity index (χ0n) is 9.67. The quantitative estimate of drug-likeness (QED) is 0.841. The molecular weight excluding hydrogens is 259 g/mol. The van der Waals surface area contributed by atoms with Gasteiger partial charge in [0, 0.05) is 0 Å². The van der Waals surface area contributed by atoms with Gasteiger partial charge in [0.05, 0.1) is 16.1 Å². The number of unbranched alkanes of at least 4 members (excludes halogenated alkanes) is 1. The lowest BCUT2D eigenvalue weighted by atomic mass is 10.0. The number of halogens is 2. The van der Waals surface area contributed by atoms with Crippen molar-refractivity contribution in [2.24, 2.45) is 5.73 Å². The topological polar surface area (TPSA) is 55.1 Å². The molecule has 17 heavy (non-hydrogen) atoms. The highest BCUT2D eigenvalue weighted by molar-refractivity contribution is 6.42. The van der Waals surface area contributed by atoms with Crippen LogP contribution in [0.25, 0.3) is 0 Å². The Hall–Kier alpha value is -0.930. The van der Waals surface area contributed by atoms with Gasteiger partial charge in [0.25, 0.3) is 0 Å². The molecule has 0 heterocycles. The van der Waals surface area contributed by atoms with Crippen LogP contribution in [0.4, 0.5) is 4.79 Å². The fraction of sp³-hybridized carbons (Fsp3) is 0.417. The molecule has 1 atom stereocenters. The van der Waals surface area contributed by atoms with E-state index in [9.17, 15) is 4.79 Å². The summed E-state index contributed by atoms with van der Waals surface area (Å²) >= 11 is 12.1. The first-order valence-corrected chi connectivity index (χ1v) is 6.31. The molecule has 1 rings (SSSR count). The van der Waals surface area contributed by atoms with Gasteiger partial charge in [0.15, 0.2) is 0 Å². The van der Waals surface area contributed by atoms with Gasteiger partial charge in [0.2, 0.25) is 0 Å². The lowest BCUT2D eigenvalue weighted by Gasteiger charge is -2.19. The van der Waals surface area contributed by atoms with Crippen molar-refractivity contribution < 1.29 is 4.79 Å². The summed E-state index contributed by atoms with van der Waals surface area (Å²) in [7, 11) is 0. The van der Waals surface area contributed by atoms with Crippen LogP contribution in [0.1, 0.15) is 37.8 Å². The predicted octanol–water partition coefficient (Wildman–Crippen LogP) is 3.89. The summed E-state index contributed by atoms with van der Waals surface area (Å²) < 4.78 is 0. The van der Waals surface area contributed by atoms with Crippen molar-refractivity contribution in [3.8, 4) is 0 Å². The first-order valence-electron chi connectivity index (χ1n) is 5.56. The van der Waals surface area contributed by atoms with Crippen LogP contribution in [0.2, 0.25) is 10.0 Å². The van der Waals surface area contributed by atoms with Crippen LogP contribution in [0.3, 0.4) is 0 Å². The average molecular weight is 275 g/mol. The number of rotatable bonds is 5. The molecule has 0 radical (unpaired) electrons. The SMILES string of the molecule is CCCCC(NC(N)=O)c1cccc(Cl)c1Cl. The summed E-state index contributed by atoms with van der Waals surface area (Å²) in [4.78, 5) is 11.0. The normalized spacial score (nSPS) is 12.2. The van der Waals surface area contributed by atoms with E-state index in [1.54, 1.807) is 6.07 Å². The number of urea groups is 1. The number of amides is 2. The molecule has 3 N–H and O–H groups in total. The number of carbonyl (C=O) groups is 1. The number of nitrogens with one attached hydrogen (secondary N) is 1. The Morgan fingerprint density at radius 2 is 2.18 bits per heavy atom. The van der Waals surface area contributed by atoms with Crippen molar-refractivity contribution >= 4 is 29.2 Å². The fourth-order valence-corrected chi connectivity index (χ4v) is 2.11. The third-order valence-corrected chi connectivity index (χ3v) is 3.35. The fourth-order valence-electron chi connectivity index (χ4n) is 1.67. The lowest BCUT2D eigenvalue weighted by Crippen LogP contribution is -2.33. The van der Waals surface area contributed by atoms with E-state index < -0.39 is 6.03 Å². The molecule has 1 aromatic carbocycles. The van der Waals surface area contributed by atoms with E-state index in [4.69, 9.17) is 28.9 Å². The molecule has 0 aliphatic carbocycles. The van der Waals surface area contributed by atoms with E-state index in [0.29, 0.717) is 10.0 Å². The number of hydrogen-bond donors (Lipinski definition) is 2. The zero-order valence-corrected chi connectivity index (χ0v) is 11.2. The Morgan fingerprint density at radius 3 is 2.76 bits per heavy atom. The number of nitrogens with two attached hydrogens (primary N) is 1. The van der Waals surface area contributed by atoms with Crippen LogP contribution in [0.15, 0.2) is 18.2 Å². The van der Waals surface area contributed by atoms with Crippen molar-refractivity contribution in [1.29, 1.82) is 0 Å². The number of hydrogen-bond acceptors (Lipinski definition) is 1. The van der Waals surface area contributed by atoms with Gasteiger partial charge in [-0.05, 0) is 18.1 Å². The Labute approximate surface area is 111 Å². The molecule has 0 aliphatic heterocycles. The summed E-state index contributed by atoms with van der Waals surface area (Å²) in [6, 6.07) is 4.64. The molecule has 0 saturated carbocycles. The van der Waals surface area contributed by atoms with Gasteiger partial charge in [0.1, 0.15) is 0 Å². The summed E-state index contributed by atoms with van der Waals surface area (Å²) in [6.45, 7) is 2.08. The highest BCUT2D eigenvalue weighted by Crippen LogP contribution is 2.32. The minimum Gasteiger partial charge on any atom is -0.352 e. The van der Waals surface area contributed by atoms with Gasteiger partial charge >= 0.3 is 6.03 Å². The van der Waals surface area contributed by atoms with Gasteiger partial charge in [-0.1, -0.05) is 55.1 Å². The van der Waals surface area contributed by atoms with Crippen LogP contribution in [-0.4, -0.2) is 6.03 Å². The average Bonchev–Trinajstić information content (AvgIpc) is 2.28. The highest BCUT2D eigenvalue weighted by Gasteiger charge is 2.16. The van der Waals surface area contributed by atoms with Crippen LogP contribution in [0.5, 0.6) is 0 Å². The highest BCUT2D eigenvalue weighted by atomic mass is 35.5. The molecular formula is C12H16Cl2N2O. The first kappa shape index (κ1) is 14.1. The standard InChI is InChI=1S/C12H16Cl2N2O/c1-2-3-7-10(16-12(15)17)8-5-4-6-9(13)11(8)14/h4-6,10H,2-3,7H2,1H3,(H3,15,16,17). The van der Waals surface area contributed by atoms with Crippen molar-refractivity contribution in [3.63, 3.8) is 0 Å². The van der Waals surface area contributed by atoms with E-state index in [1.165, 1.54) is 0 Å². The minimum atomic E-state index is -0.554. The molecule has 5 heteroatoms. The monoisotopic (exact) mass is 274 g/mol. The maximum atomic E-state index is 11.0. The van der Waals surface area contributed by atoms with Gasteiger partial charge in [-0.3, -0.25) is 0 Å². The van der Waals surface area contributed by atoms with Crippen LogP contribution < -0.4 is 11.1 Å². The minimum absolute atomic E-state index is 0.182. The molecule has 0 fully saturated rings. The molecule has 94 valence electrons. The van der Waals surface area contributed by atoms with Crippen molar-refractivity contribution in [1.82, 2.24) is 5.32 Å². The van der Waals surface area contributed by atoms with Gasteiger partial charge < -0.3 is 11.1 Å². The van der Waals surface area contributed by atoms with Crippen molar-refractivity contribution in [3.05, 3.63) is 33.8 Å². The number of primary amides is 1. The van der Waals surface area contributed by atoms with Crippen LogP contribution in [0, 0.1) is 0 Å². The molecule has 0 saturated heterocycles.